The van der Waals surface area contributed by atoms with E-state index < -0.39 is 0 Å². The first-order chi connectivity index (χ1) is 11.3. The largest absolute Gasteiger partial charge is 0.508 e. The fourth-order valence-electron chi connectivity index (χ4n) is 2.77. The summed E-state index contributed by atoms with van der Waals surface area (Å²) in [5, 5.41) is 14.5. The summed E-state index contributed by atoms with van der Waals surface area (Å²) in [5.74, 6) is 0.220. The van der Waals surface area contributed by atoms with Gasteiger partial charge in [-0.3, -0.25) is 4.98 Å². The van der Waals surface area contributed by atoms with Crippen LogP contribution < -0.4 is 5.32 Å². The number of nitrogens with zero attached hydrogens (tertiary/aromatic N) is 1. The molecule has 0 saturated carbocycles. The van der Waals surface area contributed by atoms with Crippen molar-refractivity contribution in [1.82, 2.24) is 9.97 Å². The molecule has 0 saturated heterocycles. The summed E-state index contributed by atoms with van der Waals surface area (Å²) in [6, 6.07) is 17.4. The van der Waals surface area contributed by atoms with Gasteiger partial charge < -0.3 is 15.4 Å². The van der Waals surface area contributed by atoms with Crippen LogP contribution >= 0.6 is 0 Å². The van der Waals surface area contributed by atoms with Gasteiger partial charge in [0.2, 0.25) is 0 Å². The van der Waals surface area contributed by atoms with E-state index in [1.54, 1.807) is 24.5 Å². The van der Waals surface area contributed by atoms with E-state index in [9.17, 15) is 5.11 Å². The van der Waals surface area contributed by atoms with Crippen LogP contribution in [-0.4, -0.2) is 15.1 Å². The molecule has 0 atom stereocenters. The number of rotatable bonds is 3. The van der Waals surface area contributed by atoms with E-state index >= 15 is 0 Å². The lowest BCUT2D eigenvalue weighted by molar-refractivity contribution is 0.476. The molecule has 2 heterocycles. The third-order valence-corrected chi connectivity index (χ3v) is 3.77. The summed E-state index contributed by atoms with van der Waals surface area (Å²) in [4.78, 5) is 7.35. The number of hydrogen-bond donors (Lipinski definition) is 3. The molecule has 4 rings (SSSR count). The number of aromatic hydroxyl groups is 1. The van der Waals surface area contributed by atoms with Gasteiger partial charge in [-0.2, -0.15) is 0 Å². The highest BCUT2D eigenvalue weighted by molar-refractivity contribution is 5.95. The number of hydrogen-bond acceptors (Lipinski definition) is 3. The number of para-hydroxylation sites is 1. The Morgan fingerprint density at radius 2 is 1.91 bits per heavy atom. The van der Waals surface area contributed by atoms with Gasteiger partial charge in [0, 0.05) is 29.7 Å². The van der Waals surface area contributed by atoms with Gasteiger partial charge >= 0.3 is 0 Å². The van der Waals surface area contributed by atoms with Crippen LogP contribution in [0.15, 0.2) is 73.2 Å². The third kappa shape index (κ3) is 2.62. The molecule has 0 amide bonds. The molecule has 2 aromatic carbocycles. The smallest absolute Gasteiger partial charge is 0.118 e. The highest BCUT2D eigenvalue weighted by atomic mass is 16.3. The molecule has 0 aliphatic carbocycles. The number of aromatic nitrogens is 2. The molecular formula is C19H15N3O. The van der Waals surface area contributed by atoms with Gasteiger partial charge in [-0.05, 0) is 41.3 Å². The van der Waals surface area contributed by atoms with Crippen molar-refractivity contribution in [3.8, 4) is 16.9 Å². The van der Waals surface area contributed by atoms with Crippen molar-refractivity contribution in [3.05, 3.63) is 73.2 Å². The quantitative estimate of drug-likeness (QED) is 0.515. The second-order valence-electron chi connectivity index (χ2n) is 5.38. The summed E-state index contributed by atoms with van der Waals surface area (Å²) in [6.07, 6.45) is 5.40. The Balaban J connectivity index is 1.79. The molecule has 0 fully saturated rings. The molecule has 23 heavy (non-hydrogen) atoms. The minimum atomic E-state index is 0.220. The number of aromatic amines is 1. The zero-order chi connectivity index (χ0) is 15.6. The second kappa shape index (κ2) is 5.50. The molecule has 4 nitrogen and oxygen atoms in total. The Kier molecular flexibility index (Phi) is 3.20. The molecule has 0 unspecified atom stereocenters. The molecule has 0 spiro atoms. The molecule has 0 aliphatic rings. The summed E-state index contributed by atoms with van der Waals surface area (Å²) >= 11 is 0. The summed E-state index contributed by atoms with van der Waals surface area (Å²) in [6.45, 7) is 0. The van der Waals surface area contributed by atoms with Crippen LogP contribution in [0.4, 0.5) is 11.4 Å². The van der Waals surface area contributed by atoms with Crippen molar-refractivity contribution < 1.29 is 5.11 Å². The average Bonchev–Trinajstić information content (AvgIpc) is 3.04. The zero-order valence-electron chi connectivity index (χ0n) is 12.3. The van der Waals surface area contributed by atoms with Crippen molar-refractivity contribution in [2.24, 2.45) is 0 Å². The summed E-state index contributed by atoms with van der Waals surface area (Å²) < 4.78 is 0. The number of phenols is 1. The Bertz CT molecular complexity index is 961. The Labute approximate surface area is 133 Å². The lowest BCUT2D eigenvalue weighted by Gasteiger charge is -2.10. The van der Waals surface area contributed by atoms with Crippen LogP contribution in [0.25, 0.3) is 22.0 Å². The Hall–Kier alpha value is -3.27. The fourth-order valence-corrected chi connectivity index (χ4v) is 2.77. The third-order valence-electron chi connectivity index (χ3n) is 3.77. The zero-order valence-corrected chi connectivity index (χ0v) is 12.3. The number of phenolic OH excluding ortho intramolecular Hbond substituents is 1. The molecule has 3 N–H and O–H groups in total. The van der Waals surface area contributed by atoms with Gasteiger partial charge in [0.05, 0.1) is 17.4 Å². The number of fused-ring (bicyclic) bond motifs is 1. The molecule has 112 valence electrons. The highest BCUT2D eigenvalue weighted by Crippen LogP contribution is 2.33. The minimum absolute atomic E-state index is 0.220. The van der Waals surface area contributed by atoms with E-state index in [0.717, 1.165) is 33.4 Å². The van der Waals surface area contributed by atoms with Crippen LogP contribution in [0.5, 0.6) is 5.75 Å². The first-order valence-electron chi connectivity index (χ1n) is 7.37. The minimum Gasteiger partial charge on any atom is -0.508 e. The summed E-state index contributed by atoms with van der Waals surface area (Å²) in [5.41, 5.74) is 4.76. The van der Waals surface area contributed by atoms with E-state index in [-0.39, 0.29) is 5.75 Å². The number of benzene rings is 2. The fraction of sp³-hybridized carbons (Fsp3) is 0. The Morgan fingerprint density at radius 1 is 0.957 bits per heavy atom. The maximum Gasteiger partial charge on any atom is 0.118 e. The second-order valence-corrected chi connectivity index (χ2v) is 5.38. The van der Waals surface area contributed by atoms with Crippen LogP contribution in [0, 0.1) is 0 Å². The van der Waals surface area contributed by atoms with E-state index in [0.29, 0.717) is 0 Å². The maximum atomic E-state index is 10.1. The van der Waals surface area contributed by atoms with Gasteiger partial charge in [-0.15, -0.1) is 0 Å². The highest BCUT2D eigenvalue weighted by Gasteiger charge is 2.07. The van der Waals surface area contributed by atoms with Crippen LogP contribution in [0.1, 0.15) is 0 Å². The number of pyridine rings is 1. The topological polar surface area (TPSA) is 60.9 Å². The van der Waals surface area contributed by atoms with Crippen molar-refractivity contribution in [2.75, 3.05) is 5.32 Å². The van der Waals surface area contributed by atoms with Crippen LogP contribution in [0.2, 0.25) is 0 Å². The van der Waals surface area contributed by atoms with Crippen molar-refractivity contribution in [2.45, 2.75) is 0 Å². The Morgan fingerprint density at radius 3 is 2.78 bits per heavy atom. The van der Waals surface area contributed by atoms with Crippen LogP contribution in [-0.2, 0) is 0 Å². The van der Waals surface area contributed by atoms with Gasteiger partial charge in [0.25, 0.3) is 0 Å². The standard InChI is InChI=1S/C19H15N3O/c23-17-10-14(18-5-1-3-13-6-8-21-19(13)18)9-16(11-17)22-15-4-2-7-20-12-15/h1-12,21-23H. The predicted octanol–water partition coefficient (Wildman–Crippen LogP) is 4.68. The number of H-pyrrole nitrogens is 1. The number of nitrogens with one attached hydrogen (secondary N) is 2. The maximum absolute atomic E-state index is 10.1. The first kappa shape index (κ1) is 13.4. The van der Waals surface area contributed by atoms with Gasteiger partial charge in [0.1, 0.15) is 5.75 Å². The van der Waals surface area contributed by atoms with Crippen molar-refractivity contribution in [3.63, 3.8) is 0 Å². The lowest BCUT2D eigenvalue weighted by Crippen LogP contribution is -1.91. The normalized spacial score (nSPS) is 10.8. The van der Waals surface area contributed by atoms with Gasteiger partial charge in [-0.1, -0.05) is 18.2 Å². The van der Waals surface area contributed by atoms with E-state index in [1.807, 2.05) is 42.6 Å². The predicted molar refractivity (Wildman–Crippen MR) is 92.9 cm³/mol. The monoisotopic (exact) mass is 301 g/mol. The van der Waals surface area contributed by atoms with Gasteiger partial charge in [0.15, 0.2) is 0 Å². The van der Waals surface area contributed by atoms with E-state index in [1.165, 1.54) is 0 Å². The summed E-state index contributed by atoms with van der Waals surface area (Å²) in [7, 11) is 0. The molecule has 0 aliphatic heterocycles. The molecule has 4 heteroatoms. The van der Waals surface area contributed by atoms with Crippen molar-refractivity contribution >= 4 is 22.3 Å². The average molecular weight is 301 g/mol. The van der Waals surface area contributed by atoms with Crippen molar-refractivity contribution in [1.29, 1.82) is 0 Å². The van der Waals surface area contributed by atoms with E-state index in [2.05, 4.69) is 21.4 Å². The van der Waals surface area contributed by atoms with Gasteiger partial charge in [-0.25, -0.2) is 0 Å². The van der Waals surface area contributed by atoms with Crippen LogP contribution in [0.3, 0.4) is 0 Å². The molecule has 4 aromatic rings. The first-order valence-corrected chi connectivity index (χ1v) is 7.37. The molecular weight excluding hydrogens is 286 g/mol. The SMILES string of the molecule is Oc1cc(Nc2cccnc2)cc(-c2cccc3cc[nH]c23)c1. The van der Waals surface area contributed by atoms with E-state index in [4.69, 9.17) is 0 Å². The molecule has 0 radical (unpaired) electrons. The lowest BCUT2D eigenvalue weighted by atomic mass is 10.0. The number of anilines is 2. The molecule has 0 bridgehead atoms. The molecule has 2 aromatic heterocycles.